The highest BCUT2D eigenvalue weighted by Gasteiger charge is 2.35. The second-order valence-electron chi connectivity index (χ2n) is 22.6. The molecule has 105 heavy (non-hydrogen) atoms. The van der Waals surface area contributed by atoms with Gasteiger partial charge in [-0.3, -0.25) is 0 Å². The minimum absolute atomic E-state index is 0.0146. The molecule has 0 aliphatic rings. The van der Waals surface area contributed by atoms with Crippen molar-refractivity contribution in [3.8, 4) is 55.6 Å². The molecule has 0 saturated heterocycles. The van der Waals surface area contributed by atoms with Crippen LogP contribution in [0, 0.1) is 17.8 Å². The number of rotatable bonds is 24. The fraction of sp³-hybridized carbons (Fsp3) is 0.125. The van der Waals surface area contributed by atoms with Gasteiger partial charge in [0.05, 0.1) is 60.9 Å². The van der Waals surface area contributed by atoms with E-state index in [1.807, 2.05) is 152 Å². The third kappa shape index (κ3) is 22.4. The summed E-state index contributed by atoms with van der Waals surface area (Å²) >= 11 is 0. The van der Waals surface area contributed by atoms with Crippen LogP contribution in [0.2, 0.25) is 0 Å². The van der Waals surface area contributed by atoms with Gasteiger partial charge < -0.3 is 23.7 Å². The van der Waals surface area contributed by atoms with Crippen molar-refractivity contribution >= 4 is 60.6 Å². The van der Waals surface area contributed by atoms with E-state index in [0.29, 0.717) is 0 Å². The number of hydrogen-bond acceptors (Lipinski definition) is 25. The predicted molar refractivity (Wildman–Crippen MR) is 368 cm³/mol. The van der Waals surface area contributed by atoms with Gasteiger partial charge >= 0.3 is 60.6 Å². The molecule has 0 saturated carbocycles. The van der Waals surface area contributed by atoms with E-state index in [1.54, 1.807) is 60.7 Å². The molecule has 2 atom stereocenters. The van der Waals surface area contributed by atoms with Crippen LogP contribution >= 0.6 is 0 Å². The molecule has 10 rings (SSSR count). The number of hydrogen-bond donors (Lipinski definition) is 0. The van der Waals surface area contributed by atoms with E-state index >= 15 is 0 Å². The molecule has 0 aliphatic carbocycles. The maximum absolute atomic E-state index is 13.6. The lowest BCUT2D eigenvalue weighted by atomic mass is 9.79. The molecule has 0 spiro atoms. The summed E-state index contributed by atoms with van der Waals surface area (Å²) in [6.45, 7) is -4.08. The highest BCUT2D eigenvalue weighted by molar-refractivity contribution is 5.93. The largest absolute Gasteiger partial charge is 0.549 e. The summed E-state index contributed by atoms with van der Waals surface area (Å²) in [5.74, 6) is -9.75. The van der Waals surface area contributed by atoms with Crippen molar-refractivity contribution in [1.29, 1.82) is 0 Å². The van der Waals surface area contributed by atoms with Crippen molar-refractivity contribution in [2.24, 2.45) is 17.8 Å². The van der Waals surface area contributed by atoms with Crippen molar-refractivity contribution in [1.82, 2.24) is 0 Å². The second kappa shape index (κ2) is 37.9. The van der Waals surface area contributed by atoms with Gasteiger partial charge in [0.1, 0.15) is 0 Å². The Balaban J connectivity index is 0.875. The molecule has 0 radical (unpaired) electrons. The molecule has 0 bridgehead atoms. The fourth-order valence-electron chi connectivity index (χ4n) is 10.5. The first kappa shape index (κ1) is 73.6. The maximum Gasteiger partial charge on any atom is 0.549 e. The Hall–Kier alpha value is -14.1. The summed E-state index contributed by atoms with van der Waals surface area (Å²) in [5.41, 5.74) is 7.84. The van der Waals surface area contributed by atoms with E-state index in [-0.39, 0.29) is 27.8 Å². The van der Waals surface area contributed by atoms with E-state index < -0.39 is 124 Å². The van der Waals surface area contributed by atoms with E-state index in [1.165, 1.54) is 60.7 Å². The zero-order chi connectivity index (χ0) is 73.5. The van der Waals surface area contributed by atoms with Crippen LogP contribution in [0.4, 0.5) is 24.0 Å². The summed E-state index contributed by atoms with van der Waals surface area (Å²) in [6, 6.07) is 76.6. The molecule has 0 N–H and O–H groups in total. The predicted octanol–water partition coefficient (Wildman–Crippen LogP) is 16.6. The lowest BCUT2D eigenvalue weighted by Gasteiger charge is -2.32. The topological polar surface area (TPSA) is 309 Å². The number of carbonyl (C=O) groups is 10. The number of ether oxygens (including phenoxy) is 5. The lowest BCUT2D eigenvalue weighted by molar-refractivity contribution is -0.210. The van der Waals surface area contributed by atoms with Crippen molar-refractivity contribution in [2.75, 3.05) is 33.0 Å². The van der Waals surface area contributed by atoms with Gasteiger partial charge in [0.15, 0.2) is 0 Å². The van der Waals surface area contributed by atoms with Gasteiger partial charge in [0.2, 0.25) is 0 Å². The molecule has 10 aromatic carbocycles. The van der Waals surface area contributed by atoms with Crippen LogP contribution in [0.25, 0.3) is 55.6 Å². The molecular formula is C80H62O25. The van der Waals surface area contributed by atoms with Gasteiger partial charge in [-0.15, -0.1) is 0 Å². The van der Waals surface area contributed by atoms with Crippen LogP contribution in [0.5, 0.6) is 0 Å². The summed E-state index contributed by atoms with van der Waals surface area (Å²) in [6.07, 6.45) is -9.03. The van der Waals surface area contributed by atoms with Crippen molar-refractivity contribution in [3.63, 3.8) is 0 Å². The van der Waals surface area contributed by atoms with Crippen LogP contribution in [0.15, 0.2) is 273 Å². The summed E-state index contributed by atoms with van der Waals surface area (Å²) in [7, 11) is 0. The molecule has 0 aliphatic heterocycles. The summed E-state index contributed by atoms with van der Waals surface area (Å²) < 4.78 is 27.0. The van der Waals surface area contributed by atoms with Crippen LogP contribution in [0.1, 0.15) is 64.6 Å². The van der Waals surface area contributed by atoms with Gasteiger partial charge in [0, 0.05) is 17.8 Å². The number of carbonyl (C=O) groups excluding carboxylic acids is 10. The normalized spacial score (nSPS) is 11.4. The molecule has 2 unspecified atom stereocenters. The molecule has 532 valence electrons. The average molecular weight is 1420 g/mol. The van der Waals surface area contributed by atoms with E-state index in [4.69, 9.17) is 62.8 Å². The first-order valence-electron chi connectivity index (χ1n) is 32.2. The minimum Gasteiger partial charge on any atom is -0.432 e. The molecular weight excluding hydrogens is 1360 g/mol. The minimum atomic E-state index is -1.66. The highest BCUT2D eigenvalue weighted by Crippen LogP contribution is 2.31. The van der Waals surface area contributed by atoms with E-state index in [9.17, 15) is 47.9 Å². The first-order chi connectivity index (χ1) is 51.2. The monoisotopic (exact) mass is 1420 g/mol. The summed E-state index contributed by atoms with van der Waals surface area (Å²) in [5, 5.41) is 0. The van der Waals surface area contributed by atoms with Crippen LogP contribution in [0.3, 0.4) is 0 Å². The van der Waals surface area contributed by atoms with Crippen LogP contribution in [-0.2, 0) is 72.6 Å². The molecule has 0 aromatic heterocycles. The molecule has 25 heteroatoms. The number of benzene rings is 10. The SMILES string of the molecule is O=C(OCCC(COC(=O)OOC(=O)c1ccc(-c2ccccc2)cc1)C(COC(=O)OOC(=O)c1ccc(-c2ccccc2)cc1)C(CCOC(=O)OOC(=O)c1ccc(-c2ccccc2)cc1)COC(=O)OOC(=O)c1ccc(-c2ccccc2)cc1)OOC(=O)c1ccc(-c2ccccc2)cc1. The third-order valence-electron chi connectivity index (χ3n) is 15.9. The average Bonchev–Trinajstić information content (AvgIpc) is 0.905. The highest BCUT2D eigenvalue weighted by atomic mass is 17.3. The quantitative estimate of drug-likeness (QED) is 0.0235. The van der Waals surface area contributed by atoms with Gasteiger partial charge in [-0.25, -0.2) is 72.8 Å². The third-order valence-corrected chi connectivity index (χ3v) is 15.9. The van der Waals surface area contributed by atoms with Crippen LogP contribution in [-0.4, -0.2) is 93.7 Å². The van der Waals surface area contributed by atoms with Crippen molar-refractivity contribution in [3.05, 3.63) is 301 Å². The Morgan fingerprint density at radius 3 is 0.590 bits per heavy atom. The fourth-order valence-corrected chi connectivity index (χ4v) is 10.5. The maximum atomic E-state index is 13.6. The molecule has 0 amide bonds. The zero-order valence-electron chi connectivity index (χ0n) is 55.4. The Morgan fingerprint density at radius 1 is 0.200 bits per heavy atom. The van der Waals surface area contributed by atoms with Gasteiger partial charge in [-0.1, -0.05) is 212 Å². The van der Waals surface area contributed by atoms with Crippen LogP contribution < -0.4 is 0 Å². The zero-order valence-corrected chi connectivity index (χ0v) is 55.4. The van der Waals surface area contributed by atoms with E-state index in [0.717, 1.165) is 55.6 Å². The van der Waals surface area contributed by atoms with Crippen molar-refractivity contribution < 1.29 is 121 Å². The molecule has 0 fully saturated rings. The molecule has 0 heterocycles. The molecule has 10 aromatic rings. The molecule has 25 nitrogen and oxygen atoms in total. The first-order valence-corrected chi connectivity index (χ1v) is 32.2. The standard InChI is InChI=1S/C80H62O25/c81-71(63-36-26-58(27-37-63)53-16-6-1-7-17-53)96-101-76(86)91-48-46-68(50-93-78(88)103-98-73(83)65-40-30-60(31-41-65)55-20-10-3-11-21-55)70(52-95-80(90)105-100-75(85)67-44-34-62(35-45-67)57-24-14-5-15-25-57)69(51-94-79(89)104-99-74(84)66-42-32-61(33-43-66)56-22-12-4-13-23-56)47-49-92-77(87)102-97-72(82)64-38-28-59(29-39-64)54-18-8-2-9-19-54/h1-45,68-70H,46-52H2. The smallest absolute Gasteiger partial charge is 0.432 e. The lowest BCUT2D eigenvalue weighted by Crippen LogP contribution is -2.37. The Labute approximate surface area is 598 Å². The van der Waals surface area contributed by atoms with Gasteiger partial charge in [-0.2, -0.15) is 24.0 Å². The second-order valence-corrected chi connectivity index (χ2v) is 22.6. The van der Waals surface area contributed by atoms with Gasteiger partial charge in [-0.05, 0) is 129 Å². The summed E-state index contributed by atoms with van der Waals surface area (Å²) in [4.78, 5) is 180. The van der Waals surface area contributed by atoms with Crippen molar-refractivity contribution in [2.45, 2.75) is 12.8 Å². The Bertz CT molecular complexity index is 4310. The Kier molecular flexibility index (Phi) is 26.6. The Morgan fingerprint density at radius 2 is 0.381 bits per heavy atom. The van der Waals surface area contributed by atoms with E-state index in [2.05, 4.69) is 9.78 Å². The van der Waals surface area contributed by atoms with Gasteiger partial charge in [0.25, 0.3) is 0 Å².